The van der Waals surface area contributed by atoms with Crippen molar-refractivity contribution in [1.29, 1.82) is 0 Å². The molecule has 0 aliphatic heterocycles. The molecule has 3 rings (SSSR count). The maximum absolute atomic E-state index is 14.0. The van der Waals surface area contributed by atoms with E-state index in [1.54, 1.807) is 35.2 Å². The first-order chi connectivity index (χ1) is 20.3. The van der Waals surface area contributed by atoms with Gasteiger partial charge in [-0.2, -0.15) is 0 Å². The maximum atomic E-state index is 14.0. The lowest BCUT2D eigenvalue weighted by Crippen LogP contribution is -2.54. The minimum atomic E-state index is -3.68. The summed E-state index contributed by atoms with van der Waals surface area (Å²) >= 11 is 6.50. The lowest BCUT2D eigenvalue weighted by Gasteiger charge is -2.34. The van der Waals surface area contributed by atoms with Crippen LogP contribution in [0.4, 0.5) is 5.69 Å². The van der Waals surface area contributed by atoms with Crippen LogP contribution in [0.15, 0.2) is 78.9 Å². The molecule has 0 spiro atoms. The molecule has 1 N–H and O–H groups in total. The van der Waals surface area contributed by atoms with Crippen LogP contribution in [0.3, 0.4) is 0 Å². The van der Waals surface area contributed by atoms with Crippen molar-refractivity contribution in [2.75, 3.05) is 23.7 Å². The highest BCUT2D eigenvalue weighted by Crippen LogP contribution is 2.30. The summed E-state index contributed by atoms with van der Waals surface area (Å²) in [6.45, 7) is 8.07. The Morgan fingerprint density at radius 3 is 2.21 bits per heavy atom. The van der Waals surface area contributed by atoms with Crippen molar-refractivity contribution >= 4 is 39.1 Å². The highest BCUT2D eigenvalue weighted by molar-refractivity contribution is 7.92. The second-order valence-electron chi connectivity index (χ2n) is 11.4. The molecule has 1 atom stereocenters. The number of carbonyl (C=O) groups is 2. The predicted octanol–water partition coefficient (Wildman–Crippen LogP) is 5.84. The fourth-order valence-corrected chi connectivity index (χ4v) is 5.90. The fraction of sp³-hybridized carbons (Fsp3) is 0.394. The van der Waals surface area contributed by atoms with E-state index in [9.17, 15) is 18.0 Å². The van der Waals surface area contributed by atoms with Gasteiger partial charge in [0.2, 0.25) is 21.8 Å². The fourth-order valence-electron chi connectivity index (χ4n) is 4.74. The molecule has 0 aliphatic rings. The molecule has 0 saturated heterocycles. The second-order valence-corrected chi connectivity index (χ2v) is 13.7. The SMILES string of the molecule is CCOc1ccccc1N(CCCC(=O)N(Cc1ccccc1Cl)C(Cc1ccccc1)C(=O)NC(C)(C)C)S(C)(=O)=O. The van der Waals surface area contributed by atoms with E-state index in [1.807, 2.05) is 76.2 Å². The lowest BCUT2D eigenvalue weighted by molar-refractivity contribution is -0.142. The molecule has 1 unspecified atom stereocenters. The van der Waals surface area contributed by atoms with Crippen LogP contribution in [-0.2, 0) is 32.6 Å². The lowest BCUT2D eigenvalue weighted by atomic mass is 10.00. The zero-order chi connectivity index (χ0) is 31.6. The van der Waals surface area contributed by atoms with Gasteiger partial charge in [0.15, 0.2) is 0 Å². The summed E-state index contributed by atoms with van der Waals surface area (Å²) in [6.07, 6.45) is 1.68. The molecule has 43 heavy (non-hydrogen) atoms. The van der Waals surface area contributed by atoms with E-state index in [1.165, 1.54) is 4.31 Å². The molecule has 8 nitrogen and oxygen atoms in total. The van der Waals surface area contributed by atoms with Crippen molar-refractivity contribution in [3.63, 3.8) is 0 Å². The first-order valence-electron chi connectivity index (χ1n) is 14.4. The molecule has 0 saturated carbocycles. The van der Waals surface area contributed by atoms with E-state index >= 15 is 0 Å². The number of nitrogens with zero attached hydrogens (tertiary/aromatic N) is 2. The molecular formula is C33H42ClN3O5S. The van der Waals surface area contributed by atoms with Gasteiger partial charge in [-0.1, -0.05) is 72.3 Å². The van der Waals surface area contributed by atoms with Gasteiger partial charge in [-0.25, -0.2) is 8.42 Å². The van der Waals surface area contributed by atoms with Crippen molar-refractivity contribution in [3.8, 4) is 5.75 Å². The molecule has 0 bridgehead atoms. The predicted molar refractivity (Wildman–Crippen MR) is 173 cm³/mol. The third-order valence-electron chi connectivity index (χ3n) is 6.65. The minimum absolute atomic E-state index is 0.0152. The number of sulfonamides is 1. The van der Waals surface area contributed by atoms with Crippen LogP contribution in [-0.4, -0.2) is 56.1 Å². The topological polar surface area (TPSA) is 96.0 Å². The highest BCUT2D eigenvalue weighted by atomic mass is 35.5. The van der Waals surface area contributed by atoms with Gasteiger partial charge in [-0.15, -0.1) is 0 Å². The van der Waals surface area contributed by atoms with Gasteiger partial charge in [0, 0.05) is 36.5 Å². The monoisotopic (exact) mass is 627 g/mol. The van der Waals surface area contributed by atoms with Crippen LogP contribution in [0, 0.1) is 0 Å². The van der Waals surface area contributed by atoms with Gasteiger partial charge in [0.05, 0.1) is 18.6 Å². The van der Waals surface area contributed by atoms with Crippen LogP contribution in [0.2, 0.25) is 5.02 Å². The Balaban J connectivity index is 1.93. The number of para-hydroxylation sites is 2. The van der Waals surface area contributed by atoms with Crippen LogP contribution in [0.1, 0.15) is 51.7 Å². The Morgan fingerprint density at radius 2 is 1.58 bits per heavy atom. The van der Waals surface area contributed by atoms with Crippen LogP contribution < -0.4 is 14.4 Å². The number of benzene rings is 3. The Bertz CT molecular complexity index is 1480. The van der Waals surface area contributed by atoms with Crippen molar-refractivity contribution < 1.29 is 22.7 Å². The van der Waals surface area contributed by atoms with Crippen molar-refractivity contribution in [2.45, 2.75) is 65.1 Å². The maximum Gasteiger partial charge on any atom is 0.243 e. The minimum Gasteiger partial charge on any atom is -0.492 e. The van der Waals surface area contributed by atoms with Gasteiger partial charge in [0.1, 0.15) is 11.8 Å². The van der Waals surface area contributed by atoms with Crippen LogP contribution in [0.25, 0.3) is 0 Å². The molecular weight excluding hydrogens is 586 g/mol. The molecule has 0 aromatic heterocycles. The summed E-state index contributed by atoms with van der Waals surface area (Å²) in [5.41, 5.74) is 1.51. The van der Waals surface area contributed by atoms with E-state index in [2.05, 4.69) is 5.32 Å². The molecule has 2 amide bonds. The molecule has 0 heterocycles. The molecule has 10 heteroatoms. The standard InChI is InChI=1S/C33H42ClN3O5S/c1-6-42-30-20-13-12-19-28(30)37(43(5,40)41)22-14-21-31(38)36(24-26-17-10-11-18-27(26)34)29(32(39)35-33(2,3)4)23-25-15-8-7-9-16-25/h7-13,15-20,29H,6,14,21-24H2,1-5H3,(H,35,39). The summed E-state index contributed by atoms with van der Waals surface area (Å²) in [4.78, 5) is 29.3. The Kier molecular flexibility index (Phi) is 12.0. The molecule has 0 fully saturated rings. The molecule has 3 aromatic carbocycles. The highest BCUT2D eigenvalue weighted by Gasteiger charge is 2.32. The zero-order valence-electron chi connectivity index (χ0n) is 25.5. The molecule has 0 radical (unpaired) electrons. The Hall–Kier alpha value is -3.56. The normalized spacial score (nSPS) is 12.3. The Labute approximate surface area is 261 Å². The third-order valence-corrected chi connectivity index (χ3v) is 8.20. The summed E-state index contributed by atoms with van der Waals surface area (Å²) in [6, 6.07) is 22.9. The van der Waals surface area contributed by atoms with E-state index in [4.69, 9.17) is 16.3 Å². The summed E-state index contributed by atoms with van der Waals surface area (Å²) in [5.74, 6) is -0.111. The quantitative estimate of drug-likeness (QED) is 0.242. The van der Waals surface area contributed by atoms with Crippen molar-refractivity contribution in [1.82, 2.24) is 10.2 Å². The molecule has 0 aliphatic carbocycles. The third kappa shape index (κ3) is 10.3. The molecule has 3 aromatic rings. The van der Waals surface area contributed by atoms with E-state index < -0.39 is 21.6 Å². The zero-order valence-corrected chi connectivity index (χ0v) is 27.1. The van der Waals surface area contributed by atoms with Gasteiger partial charge >= 0.3 is 0 Å². The van der Waals surface area contributed by atoms with Gasteiger partial charge in [0.25, 0.3) is 0 Å². The number of hydrogen-bond donors (Lipinski definition) is 1. The smallest absolute Gasteiger partial charge is 0.243 e. The number of amides is 2. The number of rotatable bonds is 14. The summed E-state index contributed by atoms with van der Waals surface area (Å²) < 4.78 is 32.6. The van der Waals surface area contributed by atoms with Gasteiger partial charge in [-0.05, 0) is 63.4 Å². The van der Waals surface area contributed by atoms with Crippen LogP contribution >= 0.6 is 11.6 Å². The van der Waals surface area contributed by atoms with E-state index in [0.29, 0.717) is 35.1 Å². The largest absolute Gasteiger partial charge is 0.492 e. The number of halogens is 1. The summed E-state index contributed by atoms with van der Waals surface area (Å²) in [5, 5.41) is 3.53. The van der Waals surface area contributed by atoms with Gasteiger partial charge < -0.3 is 15.0 Å². The number of ether oxygens (including phenoxy) is 1. The molecule has 232 valence electrons. The average Bonchev–Trinajstić information content (AvgIpc) is 2.93. The van der Waals surface area contributed by atoms with Crippen LogP contribution in [0.5, 0.6) is 5.75 Å². The van der Waals surface area contributed by atoms with Crippen molar-refractivity contribution in [3.05, 3.63) is 95.0 Å². The van der Waals surface area contributed by atoms with E-state index in [-0.39, 0.29) is 37.7 Å². The van der Waals surface area contributed by atoms with E-state index in [0.717, 1.165) is 11.8 Å². The Morgan fingerprint density at radius 1 is 0.953 bits per heavy atom. The number of nitrogens with one attached hydrogen (secondary N) is 1. The van der Waals surface area contributed by atoms with Crippen molar-refractivity contribution in [2.24, 2.45) is 0 Å². The number of anilines is 1. The van der Waals surface area contributed by atoms with Gasteiger partial charge in [-0.3, -0.25) is 13.9 Å². The number of hydrogen-bond acceptors (Lipinski definition) is 5. The average molecular weight is 628 g/mol. The first kappa shape index (κ1) is 33.9. The second kappa shape index (κ2) is 15.3. The summed E-state index contributed by atoms with van der Waals surface area (Å²) in [7, 11) is -3.68. The first-order valence-corrected chi connectivity index (χ1v) is 16.6. The number of carbonyl (C=O) groups excluding carboxylic acids is 2.